The summed E-state index contributed by atoms with van der Waals surface area (Å²) in [6.07, 6.45) is 0. The number of anilines is 1. The summed E-state index contributed by atoms with van der Waals surface area (Å²) in [5.41, 5.74) is -0.144. The number of rotatable bonds is 4. The number of amides is 2. The maximum absolute atomic E-state index is 12.1. The predicted octanol–water partition coefficient (Wildman–Crippen LogP) is 0.927. The van der Waals surface area contributed by atoms with E-state index >= 15 is 0 Å². The number of nitrogens with one attached hydrogen (secondary N) is 1. The summed E-state index contributed by atoms with van der Waals surface area (Å²) in [6, 6.07) is 9.00. The highest BCUT2D eigenvalue weighted by atomic mass is 16.3. The summed E-state index contributed by atoms with van der Waals surface area (Å²) in [5, 5.41) is 11.6. The number of nitrogens with zero attached hydrogens (tertiary/aromatic N) is 1. The molecule has 2 N–H and O–H groups in total. The molecule has 0 atom stereocenters. The van der Waals surface area contributed by atoms with Crippen molar-refractivity contribution < 1.29 is 14.7 Å². The monoisotopic (exact) mass is 264 g/mol. The SMILES string of the molecule is CCN(C(=O)C(=O)NC(C)(C)CO)c1ccccc1. The number of aliphatic hydroxyl groups excluding tert-OH is 1. The number of carbonyl (C=O) groups is 2. The van der Waals surface area contributed by atoms with Crippen LogP contribution in [0.3, 0.4) is 0 Å². The maximum atomic E-state index is 12.1. The van der Waals surface area contributed by atoms with E-state index in [-0.39, 0.29) is 6.61 Å². The summed E-state index contributed by atoms with van der Waals surface area (Å²) in [4.78, 5) is 25.4. The van der Waals surface area contributed by atoms with Crippen molar-refractivity contribution in [2.24, 2.45) is 0 Å². The molecule has 0 fully saturated rings. The number of hydrogen-bond acceptors (Lipinski definition) is 3. The van der Waals surface area contributed by atoms with E-state index in [0.717, 1.165) is 0 Å². The molecule has 1 aromatic rings. The van der Waals surface area contributed by atoms with Crippen LogP contribution >= 0.6 is 0 Å². The molecule has 0 saturated carbocycles. The van der Waals surface area contributed by atoms with E-state index in [2.05, 4.69) is 5.32 Å². The van der Waals surface area contributed by atoms with Gasteiger partial charge in [0.05, 0.1) is 12.1 Å². The molecule has 0 aliphatic heterocycles. The third-order valence-electron chi connectivity index (χ3n) is 2.67. The molecule has 1 rings (SSSR count). The molecule has 5 heteroatoms. The van der Waals surface area contributed by atoms with Crippen molar-refractivity contribution in [1.29, 1.82) is 0 Å². The molecule has 0 bridgehead atoms. The van der Waals surface area contributed by atoms with Crippen LogP contribution in [0.2, 0.25) is 0 Å². The van der Waals surface area contributed by atoms with Gasteiger partial charge in [0, 0.05) is 12.2 Å². The summed E-state index contributed by atoms with van der Waals surface area (Å²) in [6.45, 7) is 5.27. The zero-order chi connectivity index (χ0) is 14.5. The highest BCUT2D eigenvalue weighted by Crippen LogP contribution is 2.13. The third kappa shape index (κ3) is 4.06. The zero-order valence-electron chi connectivity index (χ0n) is 11.5. The Kier molecular flexibility index (Phi) is 5.06. The standard InChI is InChI=1S/C14H20N2O3/c1-4-16(11-8-6-5-7-9-11)13(19)12(18)15-14(2,3)10-17/h5-9,17H,4,10H2,1-3H3,(H,15,18). The zero-order valence-corrected chi connectivity index (χ0v) is 11.5. The van der Waals surface area contributed by atoms with Crippen LogP contribution in [0.4, 0.5) is 5.69 Å². The molecule has 0 aromatic heterocycles. The largest absolute Gasteiger partial charge is 0.394 e. The second-order valence-electron chi connectivity index (χ2n) is 4.88. The summed E-state index contributed by atoms with van der Waals surface area (Å²) >= 11 is 0. The van der Waals surface area contributed by atoms with E-state index in [1.54, 1.807) is 45.0 Å². The predicted molar refractivity (Wildman–Crippen MR) is 73.8 cm³/mol. The Labute approximate surface area is 113 Å². The van der Waals surface area contributed by atoms with E-state index in [4.69, 9.17) is 5.11 Å². The van der Waals surface area contributed by atoms with Gasteiger partial charge in [-0.2, -0.15) is 0 Å². The normalized spacial score (nSPS) is 10.9. The maximum Gasteiger partial charge on any atom is 0.316 e. The van der Waals surface area contributed by atoms with Gasteiger partial charge in [-0.15, -0.1) is 0 Å². The molecule has 0 aliphatic rings. The van der Waals surface area contributed by atoms with E-state index in [1.807, 2.05) is 6.07 Å². The Hall–Kier alpha value is -1.88. The van der Waals surface area contributed by atoms with Gasteiger partial charge in [0.15, 0.2) is 0 Å². The van der Waals surface area contributed by atoms with Crippen LogP contribution in [0.1, 0.15) is 20.8 Å². The highest BCUT2D eigenvalue weighted by Gasteiger charge is 2.27. The van der Waals surface area contributed by atoms with Crippen LogP contribution in [0.5, 0.6) is 0 Å². The Morgan fingerprint density at radius 2 is 1.84 bits per heavy atom. The number of para-hydroxylation sites is 1. The number of carbonyl (C=O) groups excluding carboxylic acids is 2. The molecule has 104 valence electrons. The van der Waals surface area contributed by atoms with Crippen LogP contribution in [0.25, 0.3) is 0 Å². The summed E-state index contributed by atoms with van der Waals surface area (Å²) < 4.78 is 0. The van der Waals surface area contributed by atoms with Gasteiger partial charge in [0.2, 0.25) is 0 Å². The topological polar surface area (TPSA) is 69.6 Å². The van der Waals surface area contributed by atoms with Crippen molar-refractivity contribution in [3.05, 3.63) is 30.3 Å². The average molecular weight is 264 g/mol. The van der Waals surface area contributed by atoms with E-state index in [1.165, 1.54) is 4.90 Å². The number of hydrogen-bond donors (Lipinski definition) is 2. The Balaban J connectivity index is 2.83. The van der Waals surface area contributed by atoms with E-state index in [0.29, 0.717) is 12.2 Å². The van der Waals surface area contributed by atoms with E-state index < -0.39 is 17.4 Å². The second kappa shape index (κ2) is 6.33. The molecule has 0 unspecified atom stereocenters. The molecule has 1 aromatic carbocycles. The Morgan fingerprint density at radius 1 is 1.26 bits per heavy atom. The van der Waals surface area contributed by atoms with Gasteiger partial charge < -0.3 is 15.3 Å². The number of benzene rings is 1. The first kappa shape index (κ1) is 15.2. The van der Waals surface area contributed by atoms with Crippen LogP contribution in [0.15, 0.2) is 30.3 Å². The summed E-state index contributed by atoms with van der Waals surface area (Å²) in [5.74, 6) is -1.35. The highest BCUT2D eigenvalue weighted by molar-refractivity contribution is 6.40. The smallest absolute Gasteiger partial charge is 0.316 e. The van der Waals surface area contributed by atoms with Crippen molar-refractivity contribution in [1.82, 2.24) is 5.32 Å². The van der Waals surface area contributed by atoms with Crippen molar-refractivity contribution in [2.45, 2.75) is 26.3 Å². The van der Waals surface area contributed by atoms with Gasteiger partial charge in [-0.05, 0) is 32.9 Å². The number of aliphatic hydroxyl groups is 1. The molecule has 5 nitrogen and oxygen atoms in total. The molecule has 0 heterocycles. The Morgan fingerprint density at radius 3 is 2.32 bits per heavy atom. The quantitative estimate of drug-likeness (QED) is 0.795. The van der Waals surface area contributed by atoms with Gasteiger partial charge in [0.1, 0.15) is 0 Å². The lowest BCUT2D eigenvalue weighted by molar-refractivity contribution is -0.138. The van der Waals surface area contributed by atoms with Gasteiger partial charge >= 0.3 is 11.8 Å². The first-order valence-electron chi connectivity index (χ1n) is 6.21. The second-order valence-corrected chi connectivity index (χ2v) is 4.88. The van der Waals surface area contributed by atoms with Gasteiger partial charge in [-0.25, -0.2) is 0 Å². The molecule has 0 radical (unpaired) electrons. The third-order valence-corrected chi connectivity index (χ3v) is 2.67. The lowest BCUT2D eigenvalue weighted by Crippen LogP contribution is -2.52. The molecule has 19 heavy (non-hydrogen) atoms. The fourth-order valence-electron chi connectivity index (χ4n) is 1.57. The fourth-order valence-corrected chi connectivity index (χ4v) is 1.57. The van der Waals surface area contributed by atoms with Crippen LogP contribution in [-0.2, 0) is 9.59 Å². The Bertz CT molecular complexity index is 443. The van der Waals surface area contributed by atoms with Crippen LogP contribution in [0, 0.1) is 0 Å². The molecule has 0 spiro atoms. The van der Waals surface area contributed by atoms with Gasteiger partial charge in [-0.1, -0.05) is 18.2 Å². The minimum atomic E-state index is -0.817. The number of likely N-dealkylation sites (N-methyl/N-ethyl adjacent to an activating group) is 1. The average Bonchev–Trinajstić information content (AvgIpc) is 2.40. The van der Waals surface area contributed by atoms with E-state index in [9.17, 15) is 9.59 Å². The molecule has 2 amide bonds. The van der Waals surface area contributed by atoms with Crippen LogP contribution < -0.4 is 10.2 Å². The fraction of sp³-hybridized carbons (Fsp3) is 0.429. The minimum absolute atomic E-state index is 0.233. The molecular formula is C14H20N2O3. The molecular weight excluding hydrogens is 244 g/mol. The van der Waals surface area contributed by atoms with Crippen LogP contribution in [-0.4, -0.2) is 35.6 Å². The lowest BCUT2D eigenvalue weighted by atomic mass is 10.1. The van der Waals surface area contributed by atoms with Crippen molar-refractivity contribution in [3.63, 3.8) is 0 Å². The van der Waals surface area contributed by atoms with Crippen molar-refractivity contribution in [3.8, 4) is 0 Å². The van der Waals surface area contributed by atoms with Gasteiger partial charge in [0.25, 0.3) is 0 Å². The minimum Gasteiger partial charge on any atom is -0.394 e. The molecule has 0 aliphatic carbocycles. The molecule has 0 saturated heterocycles. The summed E-state index contributed by atoms with van der Waals surface area (Å²) in [7, 11) is 0. The first-order chi connectivity index (χ1) is 8.91. The van der Waals surface area contributed by atoms with Crippen molar-refractivity contribution >= 4 is 17.5 Å². The lowest BCUT2D eigenvalue weighted by Gasteiger charge is -2.26. The first-order valence-corrected chi connectivity index (χ1v) is 6.21. The van der Waals surface area contributed by atoms with Gasteiger partial charge in [-0.3, -0.25) is 9.59 Å². The van der Waals surface area contributed by atoms with Crippen molar-refractivity contribution in [2.75, 3.05) is 18.1 Å².